The lowest BCUT2D eigenvalue weighted by atomic mass is 9.85. The summed E-state index contributed by atoms with van der Waals surface area (Å²) in [5.41, 5.74) is 1.01. The molecule has 0 spiro atoms. The van der Waals surface area contributed by atoms with Gasteiger partial charge in [0.1, 0.15) is 0 Å². The lowest BCUT2D eigenvalue weighted by molar-refractivity contribution is -0.123. The van der Waals surface area contributed by atoms with E-state index in [2.05, 4.69) is 15.9 Å². The number of carbonyl (C=O) groups excluding carboxylic acids is 1. The van der Waals surface area contributed by atoms with Crippen LogP contribution in [0.3, 0.4) is 0 Å². The van der Waals surface area contributed by atoms with E-state index >= 15 is 0 Å². The average molecular weight is 370 g/mol. The quantitative estimate of drug-likeness (QED) is 0.752. The minimum atomic E-state index is -3.59. The molecule has 1 saturated carbocycles. The average Bonchev–Trinajstić information content (AvgIpc) is 2.89. The molecule has 1 aromatic carbocycles. The standard InChI is InChI=1S/C15H16BrNO3S/c1-10-2-4-11(5-3-10)21(19,20)17-9-8-12-14(17)7-6-13(16)15(12)18/h2-5,8-9,12-14H,6-7H2,1H3/t12-,13+,14+/m1/s1. The van der Waals surface area contributed by atoms with Crippen LogP contribution in [-0.4, -0.2) is 29.4 Å². The molecule has 0 amide bonds. The summed E-state index contributed by atoms with van der Waals surface area (Å²) in [5, 5.41) is 0. The highest BCUT2D eigenvalue weighted by Crippen LogP contribution is 2.37. The van der Waals surface area contributed by atoms with Crippen LogP contribution < -0.4 is 0 Å². The first-order chi connectivity index (χ1) is 9.91. The minimum Gasteiger partial charge on any atom is -0.298 e. The Morgan fingerprint density at radius 2 is 1.86 bits per heavy atom. The summed E-state index contributed by atoms with van der Waals surface area (Å²) >= 11 is 3.36. The van der Waals surface area contributed by atoms with Gasteiger partial charge >= 0.3 is 0 Å². The van der Waals surface area contributed by atoms with Gasteiger partial charge in [-0.15, -0.1) is 0 Å². The lowest BCUT2D eigenvalue weighted by Crippen LogP contribution is -2.44. The lowest BCUT2D eigenvalue weighted by Gasteiger charge is -2.33. The molecule has 3 atom stereocenters. The molecule has 3 rings (SSSR count). The van der Waals surface area contributed by atoms with Crippen LogP contribution >= 0.6 is 15.9 Å². The van der Waals surface area contributed by atoms with Crippen LogP contribution in [0.1, 0.15) is 18.4 Å². The summed E-state index contributed by atoms with van der Waals surface area (Å²) in [6.07, 6.45) is 4.62. The van der Waals surface area contributed by atoms with Gasteiger partial charge in [0.05, 0.1) is 21.7 Å². The summed E-state index contributed by atoms with van der Waals surface area (Å²) in [6.45, 7) is 1.91. The Morgan fingerprint density at radius 3 is 2.52 bits per heavy atom. The second-order valence-electron chi connectivity index (χ2n) is 5.53. The molecule has 1 aliphatic heterocycles. The molecule has 0 aromatic heterocycles. The van der Waals surface area contributed by atoms with Crippen molar-refractivity contribution < 1.29 is 13.2 Å². The van der Waals surface area contributed by atoms with Crippen LogP contribution in [0.2, 0.25) is 0 Å². The Balaban J connectivity index is 1.93. The van der Waals surface area contributed by atoms with Gasteiger partial charge in [0.2, 0.25) is 0 Å². The first-order valence-electron chi connectivity index (χ1n) is 6.87. The zero-order valence-electron chi connectivity index (χ0n) is 11.6. The highest BCUT2D eigenvalue weighted by atomic mass is 79.9. The molecule has 0 unspecified atom stereocenters. The molecular formula is C15H16BrNO3S. The second kappa shape index (κ2) is 5.25. The number of hydrogen-bond acceptors (Lipinski definition) is 3. The number of rotatable bonds is 2. The number of sulfonamides is 1. The number of halogens is 1. The number of benzene rings is 1. The zero-order valence-corrected chi connectivity index (χ0v) is 14.0. The van der Waals surface area contributed by atoms with Gasteiger partial charge in [-0.3, -0.25) is 9.10 Å². The van der Waals surface area contributed by atoms with Crippen LogP contribution in [0.25, 0.3) is 0 Å². The van der Waals surface area contributed by atoms with Crippen molar-refractivity contribution in [1.29, 1.82) is 0 Å². The van der Waals surface area contributed by atoms with Crippen LogP contribution in [-0.2, 0) is 14.8 Å². The third-order valence-corrected chi connectivity index (χ3v) is 6.86. The van der Waals surface area contributed by atoms with Gasteiger partial charge in [0, 0.05) is 6.20 Å². The third-order valence-electron chi connectivity index (χ3n) is 4.13. The van der Waals surface area contributed by atoms with Crippen molar-refractivity contribution in [1.82, 2.24) is 4.31 Å². The van der Waals surface area contributed by atoms with E-state index in [1.54, 1.807) is 36.5 Å². The molecule has 112 valence electrons. The fraction of sp³-hybridized carbons (Fsp3) is 0.400. The molecule has 2 aliphatic rings. The van der Waals surface area contributed by atoms with E-state index in [9.17, 15) is 13.2 Å². The summed E-state index contributed by atoms with van der Waals surface area (Å²) in [4.78, 5) is 12.2. The minimum absolute atomic E-state index is 0.0732. The molecular weight excluding hydrogens is 354 g/mol. The molecule has 1 aliphatic carbocycles. The fourth-order valence-electron chi connectivity index (χ4n) is 2.92. The molecule has 1 heterocycles. The van der Waals surface area contributed by atoms with Gasteiger partial charge < -0.3 is 0 Å². The predicted octanol–water partition coefficient (Wildman–Crippen LogP) is 2.62. The highest BCUT2D eigenvalue weighted by Gasteiger charge is 2.44. The Labute approximate surface area is 133 Å². The largest absolute Gasteiger partial charge is 0.298 e. The van der Waals surface area contributed by atoms with E-state index < -0.39 is 10.0 Å². The highest BCUT2D eigenvalue weighted by molar-refractivity contribution is 9.10. The smallest absolute Gasteiger partial charge is 0.264 e. The number of ketones is 1. The number of hydrogen-bond donors (Lipinski definition) is 0. The van der Waals surface area contributed by atoms with Gasteiger partial charge in [-0.05, 0) is 31.9 Å². The number of aryl methyl sites for hydroxylation is 1. The van der Waals surface area contributed by atoms with Gasteiger partial charge in [-0.25, -0.2) is 8.42 Å². The molecule has 0 saturated heterocycles. The van der Waals surface area contributed by atoms with Crippen LogP contribution in [0.4, 0.5) is 0 Å². The molecule has 0 radical (unpaired) electrons. The maximum atomic E-state index is 12.7. The summed E-state index contributed by atoms with van der Waals surface area (Å²) in [7, 11) is -3.59. The fourth-order valence-corrected chi connectivity index (χ4v) is 5.04. The van der Waals surface area contributed by atoms with Gasteiger partial charge in [0.25, 0.3) is 10.0 Å². The maximum absolute atomic E-state index is 12.7. The van der Waals surface area contributed by atoms with Crippen LogP contribution in [0.5, 0.6) is 0 Å². The van der Waals surface area contributed by atoms with E-state index in [0.717, 1.165) is 5.56 Å². The molecule has 21 heavy (non-hydrogen) atoms. The van der Waals surface area contributed by atoms with Crippen LogP contribution in [0, 0.1) is 12.8 Å². The summed E-state index contributed by atoms with van der Waals surface area (Å²) < 4.78 is 26.8. The molecule has 1 aromatic rings. The van der Waals surface area contributed by atoms with Crippen LogP contribution in [0.15, 0.2) is 41.4 Å². The van der Waals surface area contributed by atoms with E-state index in [0.29, 0.717) is 12.8 Å². The molecule has 6 heteroatoms. The Morgan fingerprint density at radius 1 is 1.19 bits per heavy atom. The Kier molecular flexibility index (Phi) is 3.69. The topological polar surface area (TPSA) is 54.5 Å². The SMILES string of the molecule is Cc1ccc(S(=O)(=O)N2C=C[C@H]3C(=O)[C@@H](Br)CC[C@@H]32)cc1. The number of alkyl halides is 1. The van der Waals surface area contributed by atoms with Crippen molar-refractivity contribution in [3.05, 3.63) is 42.1 Å². The van der Waals surface area contributed by atoms with Crippen molar-refractivity contribution in [2.45, 2.75) is 35.5 Å². The van der Waals surface area contributed by atoms with Crippen molar-refractivity contribution in [2.24, 2.45) is 5.92 Å². The number of fused-ring (bicyclic) bond motifs is 1. The van der Waals surface area contributed by atoms with Crippen molar-refractivity contribution in [3.8, 4) is 0 Å². The number of Topliss-reactive ketones (excluding diaryl/α,β-unsaturated/α-hetero) is 1. The molecule has 4 nitrogen and oxygen atoms in total. The molecule has 0 bridgehead atoms. The first-order valence-corrected chi connectivity index (χ1v) is 9.23. The Bertz CT molecular complexity index is 696. The normalized spacial score (nSPS) is 28.8. The van der Waals surface area contributed by atoms with E-state index in [4.69, 9.17) is 0 Å². The van der Waals surface area contributed by atoms with Crippen molar-refractivity contribution in [3.63, 3.8) is 0 Å². The van der Waals surface area contributed by atoms with Gasteiger partial charge in [0.15, 0.2) is 5.78 Å². The van der Waals surface area contributed by atoms with Gasteiger partial charge in [-0.1, -0.05) is 39.7 Å². The third kappa shape index (κ3) is 2.44. The first kappa shape index (κ1) is 14.8. The monoisotopic (exact) mass is 369 g/mol. The maximum Gasteiger partial charge on any atom is 0.264 e. The van der Waals surface area contributed by atoms with E-state index in [-0.39, 0.29) is 27.5 Å². The number of nitrogens with zero attached hydrogens (tertiary/aromatic N) is 1. The summed E-state index contributed by atoms with van der Waals surface area (Å²) in [5.74, 6) is -0.257. The summed E-state index contributed by atoms with van der Waals surface area (Å²) in [6, 6.07) is 6.51. The predicted molar refractivity (Wildman–Crippen MR) is 83.6 cm³/mol. The molecule has 1 fully saturated rings. The van der Waals surface area contributed by atoms with Crippen molar-refractivity contribution in [2.75, 3.05) is 0 Å². The molecule has 0 N–H and O–H groups in total. The van der Waals surface area contributed by atoms with Gasteiger partial charge in [-0.2, -0.15) is 0 Å². The number of carbonyl (C=O) groups is 1. The van der Waals surface area contributed by atoms with E-state index in [1.807, 2.05) is 6.92 Å². The van der Waals surface area contributed by atoms with E-state index in [1.165, 1.54) is 4.31 Å². The Hall–Kier alpha value is -1.14. The van der Waals surface area contributed by atoms with Crippen molar-refractivity contribution >= 4 is 31.7 Å². The zero-order chi connectivity index (χ0) is 15.2. The second-order valence-corrected chi connectivity index (χ2v) is 8.48.